The number of hydrogen-bond acceptors (Lipinski definition) is 4. The Morgan fingerprint density at radius 1 is 1.28 bits per heavy atom. The molecule has 3 fully saturated rings. The molecule has 0 amide bonds. The molecule has 4 rings (SSSR count). The van der Waals surface area contributed by atoms with E-state index in [2.05, 4.69) is 4.90 Å². The van der Waals surface area contributed by atoms with Crippen molar-refractivity contribution in [3.05, 3.63) is 35.9 Å². The number of benzene rings is 1. The van der Waals surface area contributed by atoms with Crippen molar-refractivity contribution in [2.24, 2.45) is 0 Å². The molecule has 2 bridgehead atoms. The average Bonchev–Trinajstić information content (AvgIpc) is 2.37. The Kier molecular flexibility index (Phi) is 3.30. The maximum Gasteiger partial charge on any atom is 0.320 e. The zero-order valence-electron chi connectivity index (χ0n) is 10.2. The lowest BCUT2D eigenvalue weighted by molar-refractivity contribution is -0.185. The molecular weight excluding hydrogens is 230 g/mol. The van der Waals surface area contributed by atoms with Crippen molar-refractivity contribution < 1.29 is 14.3 Å². The molecule has 0 radical (unpaired) electrons. The minimum Gasteiger partial charge on any atom is -0.460 e. The Morgan fingerprint density at radius 3 is 2.61 bits per heavy atom. The molecule has 0 N–H and O–H groups in total. The van der Waals surface area contributed by atoms with Gasteiger partial charge in [0, 0.05) is 19.5 Å². The minimum absolute atomic E-state index is 0.153. The Hall–Kier alpha value is -1.39. The van der Waals surface area contributed by atoms with E-state index in [4.69, 9.17) is 9.47 Å². The molecule has 2 atom stereocenters. The fraction of sp³-hybridized carbons (Fsp3) is 0.500. The normalized spacial score (nSPS) is 26.4. The van der Waals surface area contributed by atoms with Crippen LogP contribution in [0.15, 0.2) is 30.3 Å². The van der Waals surface area contributed by atoms with Crippen LogP contribution in [0.5, 0.6) is 0 Å². The van der Waals surface area contributed by atoms with Crippen molar-refractivity contribution in [1.82, 2.24) is 4.90 Å². The number of ether oxygens (including phenoxy) is 2. The summed E-state index contributed by atoms with van der Waals surface area (Å²) in [7, 11) is 0. The van der Waals surface area contributed by atoms with E-state index >= 15 is 0 Å². The summed E-state index contributed by atoms with van der Waals surface area (Å²) in [4.78, 5) is 13.8. The first-order valence-electron chi connectivity index (χ1n) is 6.37. The largest absolute Gasteiger partial charge is 0.460 e. The van der Waals surface area contributed by atoms with Crippen molar-refractivity contribution in [3.8, 4) is 0 Å². The Bertz CT molecular complexity index is 404. The quantitative estimate of drug-likeness (QED) is 0.749. The van der Waals surface area contributed by atoms with Crippen LogP contribution in [-0.4, -0.2) is 42.7 Å². The van der Waals surface area contributed by atoms with Gasteiger partial charge in [-0.05, 0) is 5.56 Å². The first kappa shape index (κ1) is 11.7. The fourth-order valence-corrected chi connectivity index (χ4v) is 2.54. The minimum atomic E-state index is -0.153. The monoisotopic (exact) mass is 247 g/mol. The molecule has 4 nitrogen and oxygen atoms in total. The van der Waals surface area contributed by atoms with Gasteiger partial charge in [-0.15, -0.1) is 0 Å². The first-order chi connectivity index (χ1) is 8.79. The predicted octanol–water partition coefficient (Wildman–Crippen LogP) is 1.20. The third-order valence-corrected chi connectivity index (χ3v) is 3.43. The van der Waals surface area contributed by atoms with Crippen LogP contribution in [0.3, 0.4) is 0 Å². The van der Waals surface area contributed by atoms with Crippen molar-refractivity contribution in [2.45, 2.75) is 25.2 Å². The van der Waals surface area contributed by atoms with E-state index < -0.39 is 0 Å². The van der Waals surface area contributed by atoms with Gasteiger partial charge in [-0.3, -0.25) is 9.69 Å². The van der Waals surface area contributed by atoms with E-state index in [0.29, 0.717) is 25.4 Å². The zero-order chi connectivity index (χ0) is 12.4. The second kappa shape index (κ2) is 5.08. The van der Waals surface area contributed by atoms with Crippen LogP contribution < -0.4 is 0 Å². The number of nitrogens with zero attached hydrogens (tertiary/aromatic N) is 1. The number of carbonyl (C=O) groups excluding carboxylic acids is 1. The summed E-state index contributed by atoms with van der Waals surface area (Å²) < 4.78 is 10.8. The summed E-state index contributed by atoms with van der Waals surface area (Å²) in [6, 6.07) is 9.75. The molecule has 4 heteroatoms. The van der Waals surface area contributed by atoms with Crippen molar-refractivity contribution >= 4 is 5.97 Å². The third-order valence-electron chi connectivity index (χ3n) is 3.43. The Morgan fingerprint density at radius 2 is 1.94 bits per heavy atom. The highest BCUT2D eigenvalue weighted by Gasteiger charge is 2.38. The van der Waals surface area contributed by atoms with Crippen LogP contribution in [0.1, 0.15) is 12.0 Å². The van der Waals surface area contributed by atoms with Gasteiger partial charge < -0.3 is 9.47 Å². The zero-order valence-corrected chi connectivity index (χ0v) is 10.2. The van der Waals surface area contributed by atoms with Gasteiger partial charge in [0.15, 0.2) is 0 Å². The van der Waals surface area contributed by atoms with Gasteiger partial charge >= 0.3 is 5.97 Å². The Balaban J connectivity index is 1.42. The standard InChI is InChI=1S/C14H17NO3/c16-14(17-10-11-4-2-1-3-5-11)9-15-7-12-6-13(8-15)18-12/h1-5,12-13H,6-10H2. The number of piperidine rings is 1. The molecule has 3 aliphatic rings. The number of hydrogen-bond donors (Lipinski definition) is 0. The number of fused-ring (bicyclic) bond motifs is 2. The average molecular weight is 247 g/mol. The molecule has 3 aliphatic heterocycles. The molecule has 96 valence electrons. The van der Waals surface area contributed by atoms with Crippen LogP contribution in [0.4, 0.5) is 0 Å². The maximum absolute atomic E-state index is 11.7. The molecular formula is C14H17NO3. The third kappa shape index (κ3) is 2.71. The lowest BCUT2D eigenvalue weighted by atomic mass is 9.99. The number of morpholine rings is 1. The summed E-state index contributed by atoms with van der Waals surface area (Å²) >= 11 is 0. The lowest BCUT2D eigenvalue weighted by Crippen LogP contribution is -2.58. The van der Waals surface area contributed by atoms with E-state index in [0.717, 1.165) is 25.1 Å². The summed E-state index contributed by atoms with van der Waals surface area (Å²) in [5.41, 5.74) is 1.02. The number of esters is 1. The molecule has 0 aromatic heterocycles. The van der Waals surface area contributed by atoms with Gasteiger partial charge in [0.1, 0.15) is 6.61 Å². The molecule has 2 unspecified atom stereocenters. The summed E-state index contributed by atoms with van der Waals surface area (Å²) in [6.45, 7) is 2.45. The van der Waals surface area contributed by atoms with Crippen LogP contribution in [0.25, 0.3) is 0 Å². The SMILES string of the molecule is O=C(CN1CC2CC(C1)O2)OCc1ccccc1. The Labute approximate surface area is 106 Å². The van der Waals surface area contributed by atoms with Gasteiger partial charge in [-0.25, -0.2) is 0 Å². The van der Waals surface area contributed by atoms with E-state index in [9.17, 15) is 4.79 Å². The number of rotatable bonds is 4. The van der Waals surface area contributed by atoms with Gasteiger partial charge in [0.2, 0.25) is 0 Å². The molecule has 1 aromatic carbocycles. The van der Waals surface area contributed by atoms with E-state index in [1.165, 1.54) is 0 Å². The topological polar surface area (TPSA) is 38.8 Å². The summed E-state index contributed by atoms with van der Waals surface area (Å²) in [6.07, 6.45) is 1.83. The van der Waals surface area contributed by atoms with Crippen LogP contribution in [0.2, 0.25) is 0 Å². The molecule has 3 saturated heterocycles. The fourth-order valence-electron chi connectivity index (χ4n) is 2.54. The highest BCUT2D eigenvalue weighted by molar-refractivity contribution is 5.71. The molecule has 3 heterocycles. The molecule has 18 heavy (non-hydrogen) atoms. The molecule has 1 aromatic rings. The second-order valence-corrected chi connectivity index (χ2v) is 4.96. The van der Waals surface area contributed by atoms with Crippen molar-refractivity contribution in [3.63, 3.8) is 0 Å². The molecule has 0 saturated carbocycles. The van der Waals surface area contributed by atoms with Crippen molar-refractivity contribution in [2.75, 3.05) is 19.6 Å². The maximum atomic E-state index is 11.7. The van der Waals surface area contributed by atoms with E-state index in [1.54, 1.807) is 0 Å². The van der Waals surface area contributed by atoms with E-state index in [1.807, 2.05) is 30.3 Å². The molecule has 0 aliphatic carbocycles. The highest BCUT2D eigenvalue weighted by atomic mass is 16.5. The van der Waals surface area contributed by atoms with Crippen LogP contribution in [0, 0.1) is 0 Å². The van der Waals surface area contributed by atoms with E-state index in [-0.39, 0.29) is 5.97 Å². The van der Waals surface area contributed by atoms with Crippen LogP contribution in [-0.2, 0) is 20.9 Å². The summed E-state index contributed by atoms with van der Waals surface area (Å²) in [5.74, 6) is -0.153. The smallest absolute Gasteiger partial charge is 0.320 e. The lowest BCUT2D eigenvalue weighted by Gasteiger charge is -2.46. The van der Waals surface area contributed by atoms with Gasteiger partial charge in [-0.2, -0.15) is 0 Å². The highest BCUT2D eigenvalue weighted by Crippen LogP contribution is 2.27. The van der Waals surface area contributed by atoms with Gasteiger partial charge in [0.25, 0.3) is 0 Å². The predicted molar refractivity (Wildman–Crippen MR) is 66.0 cm³/mol. The van der Waals surface area contributed by atoms with Gasteiger partial charge in [0.05, 0.1) is 18.8 Å². The second-order valence-electron chi connectivity index (χ2n) is 4.96. The molecule has 0 spiro atoms. The summed E-state index contributed by atoms with van der Waals surface area (Å²) in [5, 5.41) is 0. The first-order valence-corrected chi connectivity index (χ1v) is 6.37. The van der Waals surface area contributed by atoms with Gasteiger partial charge in [-0.1, -0.05) is 30.3 Å². The van der Waals surface area contributed by atoms with Crippen LogP contribution >= 0.6 is 0 Å². The number of carbonyl (C=O) groups is 1. The van der Waals surface area contributed by atoms with Crippen molar-refractivity contribution in [1.29, 1.82) is 0 Å².